The van der Waals surface area contributed by atoms with Gasteiger partial charge in [0.1, 0.15) is 6.04 Å². The lowest BCUT2D eigenvalue weighted by Crippen LogP contribution is -2.52. The number of hydrogen-bond acceptors (Lipinski definition) is 3. The molecule has 0 saturated carbocycles. The molecule has 162 valence electrons. The first-order chi connectivity index (χ1) is 14.0. The zero-order valence-electron chi connectivity index (χ0n) is 17.3. The molecule has 0 spiro atoms. The smallest absolute Gasteiger partial charge is 0.242 e. The van der Waals surface area contributed by atoms with E-state index in [0.29, 0.717) is 15.1 Å². The van der Waals surface area contributed by atoms with Gasteiger partial charge in [-0.1, -0.05) is 40.9 Å². The highest BCUT2D eigenvalue weighted by atomic mass is 35.5. The van der Waals surface area contributed by atoms with Crippen molar-refractivity contribution in [2.24, 2.45) is 0 Å². The Kier molecular flexibility index (Phi) is 8.92. The van der Waals surface area contributed by atoms with Crippen molar-refractivity contribution in [1.29, 1.82) is 0 Å². The zero-order chi connectivity index (χ0) is 22.5. The number of nitrogens with zero attached hydrogens (tertiary/aromatic N) is 1. The van der Waals surface area contributed by atoms with Crippen molar-refractivity contribution >= 4 is 58.4 Å². The lowest BCUT2D eigenvalue weighted by molar-refractivity contribution is -0.139. The minimum absolute atomic E-state index is 0.155. The lowest BCUT2D eigenvalue weighted by Gasteiger charge is -2.31. The Morgan fingerprint density at radius 3 is 2.23 bits per heavy atom. The number of carbonyl (C=O) groups is 2. The Morgan fingerprint density at radius 2 is 1.67 bits per heavy atom. The third-order valence-corrected chi connectivity index (χ3v) is 6.17. The minimum atomic E-state index is -0.656. The molecule has 0 aliphatic rings. The second kappa shape index (κ2) is 10.8. The first kappa shape index (κ1) is 24.9. The van der Waals surface area contributed by atoms with Crippen LogP contribution in [-0.4, -0.2) is 34.0 Å². The van der Waals surface area contributed by atoms with E-state index in [2.05, 4.69) is 5.32 Å². The SMILES string of the molecule is C[C@H](C(=O)NC(C)(C)C)N(Cc1ccc(Cl)c(Cl)c1)C(=O)CSc1ccc(Cl)cc1. The Bertz CT molecular complexity index is 898. The van der Waals surface area contributed by atoms with Gasteiger partial charge in [-0.25, -0.2) is 0 Å². The van der Waals surface area contributed by atoms with Gasteiger partial charge in [0.25, 0.3) is 0 Å². The van der Waals surface area contributed by atoms with Crippen molar-refractivity contribution in [3.63, 3.8) is 0 Å². The number of carbonyl (C=O) groups excluding carboxylic acids is 2. The van der Waals surface area contributed by atoms with E-state index in [-0.39, 0.29) is 24.1 Å². The van der Waals surface area contributed by atoms with Crippen LogP contribution < -0.4 is 5.32 Å². The summed E-state index contributed by atoms with van der Waals surface area (Å²) < 4.78 is 0. The normalized spacial score (nSPS) is 12.4. The maximum absolute atomic E-state index is 13.1. The van der Waals surface area contributed by atoms with E-state index in [9.17, 15) is 9.59 Å². The van der Waals surface area contributed by atoms with Crippen LogP contribution in [0, 0.1) is 0 Å². The highest BCUT2D eigenvalue weighted by molar-refractivity contribution is 8.00. The van der Waals surface area contributed by atoms with Crippen LogP contribution in [0.1, 0.15) is 33.3 Å². The molecule has 2 amide bonds. The van der Waals surface area contributed by atoms with Gasteiger partial charge in [-0.15, -0.1) is 11.8 Å². The number of halogens is 3. The van der Waals surface area contributed by atoms with E-state index in [0.717, 1.165) is 10.5 Å². The summed E-state index contributed by atoms with van der Waals surface area (Å²) in [5.74, 6) is -0.180. The summed E-state index contributed by atoms with van der Waals surface area (Å²) in [4.78, 5) is 28.3. The molecule has 0 bridgehead atoms. The minimum Gasteiger partial charge on any atom is -0.350 e. The summed E-state index contributed by atoms with van der Waals surface area (Å²) in [5.41, 5.74) is 0.395. The van der Waals surface area contributed by atoms with Crippen LogP contribution in [0.3, 0.4) is 0 Å². The fourth-order valence-corrected chi connectivity index (χ4v) is 3.88. The van der Waals surface area contributed by atoms with Gasteiger partial charge in [-0.05, 0) is 69.7 Å². The first-order valence-electron chi connectivity index (χ1n) is 9.40. The fourth-order valence-electron chi connectivity index (χ4n) is 2.65. The van der Waals surface area contributed by atoms with Gasteiger partial charge in [-0.2, -0.15) is 0 Å². The van der Waals surface area contributed by atoms with E-state index in [4.69, 9.17) is 34.8 Å². The molecule has 0 fully saturated rings. The number of amides is 2. The molecule has 0 radical (unpaired) electrons. The highest BCUT2D eigenvalue weighted by Gasteiger charge is 2.28. The van der Waals surface area contributed by atoms with E-state index in [1.54, 1.807) is 42.2 Å². The number of hydrogen-bond donors (Lipinski definition) is 1. The van der Waals surface area contributed by atoms with E-state index < -0.39 is 11.6 Å². The topological polar surface area (TPSA) is 49.4 Å². The molecule has 2 aromatic carbocycles. The zero-order valence-corrected chi connectivity index (χ0v) is 20.4. The van der Waals surface area contributed by atoms with Gasteiger partial charge in [-0.3, -0.25) is 9.59 Å². The van der Waals surface area contributed by atoms with Crippen LogP contribution in [0.2, 0.25) is 15.1 Å². The van der Waals surface area contributed by atoms with Gasteiger partial charge in [0.15, 0.2) is 0 Å². The molecule has 0 heterocycles. The van der Waals surface area contributed by atoms with Crippen LogP contribution in [0.25, 0.3) is 0 Å². The largest absolute Gasteiger partial charge is 0.350 e. The standard InChI is InChI=1S/C22H25Cl3N2O2S/c1-14(21(29)26-22(2,3)4)27(12-15-5-10-18(24)19(25)11-15)20(28)13-30-17-8-6-16(23)7-9-17/h5-11,14H,12-13H2,1-4H3,(H,26,29)/t14-/m1/s1. The van der Waals surface area contributed by atoms with Gasteiger partial charge < -0.3 is 10.2 Å². The van der Waals surface area contributed by atoms with Crippen molar-refractivity contribution in [3.05, 3.63) is 63.1 Å². The summed E-state index contributed by atoms with van der Waals surface area (Å²) >= 11 is 19.4. The molecular weight excluding hydrogens is 463 g/mol. The molecule has 0 aliphatic heterocycles. The monoisotopic (exact) mass is 486 g/mol. The summed E-state index contributed by atoms with van der Waals surface area (Å²) in [6, 6.07) is 11.8. The van der Waals surface area contributed by atoms with Gasteiger partial charge >= 0.3 is 0 Å². The predicted molar refractivity (Wildman–Crippen MR) is 127 cm³/mol. The average Bonchev–Trinajstić information content (AvgIpc) is 2.66. The Hall–Kier alpha value is -1.40. The van der Waals surface area contributed by atoms with Crippen molar-refractivity contribution in [3.8, 4) is 0 Å². The Labute approximate surface area is 197 Å². The lowest BCUT2D eigenvalue weighted by atomic mass is 10.1. The summed E-state index contributed by atoms with van der Waals surface area (Å²) in [6.07, 6.45) is 0. The molecule has 8 heteroatoms. The predicted octanol–water partition coefficient (Wildman–Crippen LogP) is 6.07. The van der Waals surface area contributed by atoms with Crippen LogP contribution in [0.15, 0.2) is 47.4 Å². The molecule has 0 saturated heterocycles. The average molecular weight is 488 g/mol. The van der Waals surface area contributed by atoms with Crippen molar-refractivity contribution in [2.75, 3.05) is 5.75 Å². The molecule has 0 unspecified atom stereocenters. The third-order valence-electron chi connectivity index (χ3n) is 4.18. The van der Waals surface area contributed by atoms with Gasteiger partial charge in [0.05, 0.1) is 15.8 Å². The van der Waals surface area contributed by atoms with E-state index >= 15 is 0 Å². The Morgan fingerprint density at radius 1 is 1.03 bits per heavy atom. The number of benzene rings is 2. The molecule has 2 rings (SSSR count). The molecule has 4 nitrogen and oxygen atoms in total. The number of thioether (sulfide) groups is 1. The third kappa shape index (κ3) is 7.69. The maximum atomic E-state index is 13.1. The van der Waals surface area contributed by atoms with Crippen molar-refractivity contribution in [2.45, 2.75) is 50.7 Å². The molecule has 2 aromatic rings. The van der Waals surface area contributed by atoms with Crippen LogP contribution in [-0.2, 0) is 16.1 Å². The molecular formula is C22H25Cl3N2O2S. The van der Waals surface area contributed by atoms with E-state index in [1.807, 2.05) is 32.9 Å². The van der Waals surface area contributed by atoms with Gasteiger partial charge in [0, 0.05) is 22.0 Å². The molecule has 0 aliphatic carbocycles. The summed E-state index contributed by atoms with van der Waals surface area (Å²) in [6.45, 7) is 7.68. The van der Waals surface area contributed by atoms with Crippen LogP contribution in [0.4, 0.5) is 0 Å². The molecule has 1 atom stereocenters. The molecule has 0 aromatic heterocycles. The van der Waals surface area contributed by atoms with Gasteiger partial charge in [0.2, 0.25) is 11.8 Å². The quantitative estimate of drug-likeness (QED) is 0.482. The van der Waals surface area contributed by atoms with E-state index in [1.165, 1.54) is 11.8 Å². The molecule has 30 heavy (non-hydrogen) atoms. The second-order valence-electron chi connectivity index (χ2n) is 7.93. The van der Waals surface area contributed by atoms with Crippen molar-refractivity contribution in [1.82, 2.24) is 10.2 Å². The fraction of sp³-hybridized carbons (Fsp3) is 0.364. The van der Waals surface area contributed by atoms with Crippen LogP contribution >= 0.6 is 46.6 Å². The summed E-state index contributed by atoms with van der Waals surface area (Å²) in [7, 11) is 0. The maximum Gasteiger partial charge on any atom is 0.242 e. The summed E-state index contributed by atoms with van der Waals surface area (Å²) in [5, 5.41) is 4.42. The first-order valence-corrected chi connectivity index (χ1v) is 11.5. The number of rotatable bonds is 7. The Balaban J connectivity index is 2.19. The molecule has 1 N–H and O–H groups in total. The number of nitrogens with one attached hydrogen (secondary N) is 1. The second-order valence-corrected chi connectivity index (χ2v) is 10.2. The highest BCUT2D eigenvalue weighted by Crippen LogP contribution is 2.25. The van der Waals surface area contributed by atoms with Crippen molar-refractivity contribution < 1.29 is 9.59 Å². The van der Waals surface area contributed by atoms with Crippen LogP contribution in [0.5, 0.6) is 0 Å².